The molecule has 0 aromatic heterocycles. The van der Waals surface area contributed by atoms with Crippen LogP contribution in [0.3, 0.4) is 0 Å². The Bertz CT molecular complexity index is 310. The van der Waals surface area contributed by atoms with Gasteiger partial charge in [0, 0.05) is 6.42 Å². The van der Waals surface area contributed by atoms with Crippen molar-refractivity contribution in [2.45, 2.75) is 25.7 Å². The Morgan fingerprint density at radius 3 is 2.50 bits per heavy atom. The molecule has 0 aliphatic rings. The van der Waals surface area contributed by atoms with Crippen LogP contribution in [0.15, 0.2) is 24.3 Å². The lowest BCUT2D eigenvalue weighted by Crippen LogP contribution is -1.93. The minimum Gasteiger partial charge on any atom is -0.497 e. The van der Waals surface area contributed by atoms with Gasteiger partial charge in [0.2, 0.25) is 0 Å². The first-order valence-corrected chi connectivity index (χ1v) is 4.79. The Morgan fingerprint density at radius 2 is 2.00 bits per heavy atom. The number of rotatable bonds is 4. The van der Waals surface area contributed by atoms with Crippen molar-refractivity contribution in [1.29, 1.82) is 5.26 Å². The van der Waals surface area contributed by atoms with Gasteiger partial charge in [-0.2, -0.15) is 5.26 Å². The summed E-state index contributed by atoms with van der Waals surface area (Å²) in [5, 5.41) is 8.47. The SMILES string of the molecule is COc1ccc(C(C)CCC#N)cc1. The lowest BCUT2D eigenvalue weighted by atomic mass is 9.96. The Balaban J connectivity index is 2.62. The highest BCUT2D eigenvalue weighted by Crippen LogP contribution is 2.22. The monoisotopic (exact) mass is 189 g/mol. The first-order valence-electron chi connectivity index (χ1n) is 4.79. The molecule has 0 heterocycles. The van der Waals surface area contributed by atoms with Crippen molar-refractivity contribution in [3.8, 4) is 11.8 Å². The van der Waals surface area contributed by atoms with Gasteiger partial charge in [-0.15, -0.1) is 0 Å². The molecule has 0 aliphatic carbocycles. The van der Waals surface area contributed by atoms with E-state index in [1.807, 2.05) is 12.1 Å². The van der Waals surface area contributed by atoms with E-state index in [1.54, 1.807) is 7.11 Å². The topological polar surface area (TPSA) is 33.0 Å². The van der Waals surface area contributed by atoms with Gasteiger partial charge in [-0.3, -0.25) is 0 Å². The van der Waals surface area contributed by atoms with Crippen LogP contribution < -0.4 is 4.74 Å². The largest absolute Gasteiger partial charge is 0.497 e. The lowest BCUT2D eigenvalue weighted by Gasteiger charge is -2.10. The summed E-state index contributed by atoms with van der Waals surface area (Å²) in [5.41, 5.74) is 1.26. The fraction of sp³-hybridized carbons (Fsp3) is 0.417. The average Bonchev–Trinajstić information content (AvgIpc) is 2.26. The maximum absolute atomic E-state index is 8.47. The normalized spacial score (nSPS) is 11.8. The third-order valence-corrected chi connectivity index (χ3v) is 2.37. The molecule has 0 saturated heterocycles. The summed E-state index contributed by atoms with van der Waals surface area (Å²) in [6.07, 6.45) is 1.54. The number of methoxy groups -OCH3 is 1. The maximum Gasteiger partial charge on any atom is 0.118 e. The molecule has 74 valence electrons. The summed E-state index contributed by atoms with van der Waals surface area (Å²) in [4.78, 5) is 0. The van der Waals surface area contributed by atoms with Gasteiger partial charge in [0.15, 0.2) is 0 Å². The van der Waals surface area contributed by atoms with Crippen LogP contribution in [0.25, 0.3) is 0 Å². The van der Waals surface area contributed by atoms with Crippen LogP contribution in [0.4, 0.5) is 0 Å². The van der Waals surface area contributed by atoms with Crippen LogP contribution in [0.5, 0.6) is 5.75 Å². The highest BCUT2D eigenvalue weighted by atomic mass is 16.5. The number of hydrogen-bond acceptors (Lipinski definition) is 2. The molecule has 2 nitrogen and oxygen atoms in total. The fourth-order valence-corrected chi connectivity index (χ4v) is 1.38. The van der Waals surface area contributed by atoms with E-state index in [2.05, 4.69) is 25.1 Å². The second-order valence-corrected chi connectivity index (χ2v) is 3.37. The van der Waals surface area contributed by atoms with Crippen molar-refractivity contribution in [1.82, 2.24) is 0 Å². The fourth-order valence-electron chi connectivity index (χ4n) is 1.38. The molecule has 14 heavy (non-hydrogen) atoms. The second-order valence-electron chi connectivity index (χ2n) is 3.37. The van der Waals surface area contributed by atoms with Gasteiger partial charge in [0.1, 0.15) is 5.75 Å². The third-order valence-electron chi connectivity index (χ3n) is 2.37. The van der Waals surface area contributed by atoms with E-state index in [0.29, 0.717) is 12.3 Å². The number of nitriles is 1. The predicted molar refractivity (Wildman–Crippen MR) is 56.3 cm³/mol. The van der Waals surface area contributed by atoms with Gasteiger partial charge in [0.05, 0.1) is 13.2 Å². The van der Waals surface area contributed by atoms with Gasteiger partial charge in [-0.05, 0) is 30.0 Å². The maximum atomic E-state index is 8.47. The molecule has 1 unspecified atom stereocenters. The zero-order valence-electron chi connectivity index (χ0n) is 8.66. The van der Waals surface area contributed by atoms with Crippen molar-refractivity contribution in [3.05, 3.63) is 29.8 Å². The van der Waals surface area contributed by atoms with Crippen molar-refractivity contribution in [3.63, 3.8) is 0 Å². The van der Waals surface area contributed by atoms with E-state index in [9.17, 15) is 0 Å². The average molecular weight is 189 g/mol. The third kappa shape index (κ3) is 2.77. The molecular formula is C12H15NO. The Kier molecular flexibility index (Phi) is 4.00. The molecule has 1 rings (SSSR count). The van der Waals surface area contributed by atoms with Gasteiger partial charge in [-0.25, -0.2) is 0 Å². The zero-order valence-corrected chi connectivity index (χ0v) is 8.66. The van der Waals surface area contributed by atoms with E-state index < -0.39 is 0 Å². The predicted octanol–water partition coefficient (Wildman–Crippen LogP) is 3.10. The van der Waals surface area contributed by atoms with Crippen LogP contribution in [-0.2, 0) is 0 Å². The molecule has 0 fully saturated rings. The summed E-state index contributed by atoms with van der Waals surface area (Å²) in [6, 6.07) is 10.2. The lowest BCUT2D eigenvalue weighted by molar-refractivity contribution is 0.414. The van der Waals surface area contributed by atoms with E-state index >= 15 is 0 Å². The van der Waals surface area contributed by atoms with Crippen molar-refractivity contribution in [2.75, 3.05) is 7.11 Å². The summed E-state index contributed by atoms with van der Waals surface area (Å²) in [7, 11) is 1.66. The first-order chi connectivity index (χ1) is 6.77. The van der Waals surface area contributed by atoms with Gasteiger partial charge < -0.3 is 4.74 Å². The standard InChI is InChI=1S/C12H15NO/c1-10(4-3-9-13)11-5-7-12(14-2)8-6-11/h5-8,10H,3-4H2,1-2H3. The van der Waals surface area contributed by atoms with E-state index in [1.165, 1.54) is 5.56 Å². The van der Waals surface area contributed by atoms with Crippen LogP contribution in [0.2, 0.25) is 0 Å². The van der Waals surface area contributed by atoms with Crippen molar-refractivity contribution >= 4 is 0 Å². The van der Waals surface area contributed by atoms with E-state index in [4.69, 9.17) is 10.00 Å². The molecule has 1 aromatic rings. The number of benzene rings is 1. The van der Waals surface area contributed by atoms with Crippen LogP contribution in [-0.4, -0.2) is 7.11 Å². The molecule has 1 atom stereocenters. The molecule has 0 bridgehead atoms. The Hall–Kier alpha value is -1.49. The number of hydrogen-bond donors (Lipinski definition) is 0. The number of nitrogens with zero attached hydrogens (tertiary/aromatic N) is 1. The van der Waals surface area contributed by atoms with Crippen LogP contribution in [0, 0.1) is 11.3 Å². The summed E-state index contributed by atoms with van der Waals surface area (Å²) in [5.74, 6) is 1.32. The molecule has 0 amide bonds. The molecular weight excluding hydrogens is 174 g/mol. The molecule has 0 N–H and O–H groups in total. The number of ether oxygens (including phenoxy) is 1. The smallest absolute Gasteiger partial charge is 0.118 e. The summed E-state index contributed by atoms with van der Waals surface area (Å²) < 4.78 is 5.08. The Labute approximate surface area is 85.1 Å². The summed E-state index contributed by atoms with van der Waals surface area (Å²) >= 11 is 0. The first kappa shape index (κ1) is 10.6. The molecule has 2 heteroatoms. The quantitative estimate of drug-likeness (QED) is 0.729. The van der Waals surface area contributed by atoms with Gasteiger partial charge in [-0.1, -0.05) is 19.1 Å². The summed E-state index contributed by atoms with van der Waals surface area (Å²) in [6.45, 7) is 2.14. The van der Waals surface area contributed by atoms with E-state index in [0.717, 1.165) is 12.2 Å². The van der Waals surface area contributed by atoms with E-state index in [-0.39, 0.29) is 0 Å². The van der Waals surface area contributed by atoms with Crippen molar-refractivity contribution < 1.29 is 4.74 Å². The van der Waals surface area contributed by atoms with Gasteiger partial charge in [0.25, 0.3) is 0 Å². The van der Waals surface area contributed by atoms with Crippen LogP contribution in [0.1, 0.15) is 31.2 Å². The van der Waals surface area contributed by atoms with Crippen molar-refractivity contribution in [2.24, 2.45) is 0 Å². The highest BCUT2D eigenvalue weighted by molar-refractivity contribution is 5.29. The molecule has 1 aromatic carbocycles. The molecule has 0 saturated carbocycles. The van der Waals surface area contributed by atoms with Gasteiger partial charge >= 0.3 is 0 Å². The molecule has 0 spiro atoms. The molecule has 0 radical (unpaired) electrons. The zero-order chi connectivity index (χ0) is 10.4. The minimum atomic E-state index is 0.445. The Morgan fingerprint density at radius 1 is 1.36 bits per heavy atom. The molecule has 0 aliphatic heterocycles. The minimum absolute atomic E-state index is 0.445. The highest BCUT2D eigenvalue weighted by Gasteiger charge is 2.04. The second kappa shape index (κ2) is 5.29. The van der Waals surface area contributed by atoms with Crippen LogP contribution >= 0.6 is 0 Å².